The number of ether oxygens (including phenoxy) is 2. The van der Waals surface area contributed by atoms with Crippen molar-refractivity contribution in [1.82, 2.24) is 0 Å². The van der Waals surface area contributed by atoms with Crippen molar-refractivity contribution in [2.75, 3.05) is 36.6 Å². The van der Waals surface area contributed by atoms with Crippen LogP contribution in [0.4, 0.5) is 11.4 Å². The maximum Gasteiger partial charge on any atom is 0.232 e. The molecule has 7 nitrogen and oxygen atoms in total. The lowest BCUT2D eigenvalue weighted by molar-refractivity contribution is -0.116. The first-order chi connectivity index (χ1) is 14.1. The zero-order valence-corrected chi connectivity index (χ0v) is 19.4. The number of amides is 1. The lowest BCUT2D eigenvalue weighted by Gasteiger charge is -2.24. The average molecular weight is 455 g/mol. The van der Waals surface area contributed by atoms with Crippen molar-refractivity contribution in [3.63, 3.8) is 0 Å². The highest BCUT2D eigenvalue weighted by atomic mass is 35.5. The summed E-state index contributed by atoms with van der Waals surface area (Å²) in [6, 6.07) is 8.79. The number of methoxy groups -OCH3 is 2. The smallest absolute Gasteiger partial charge is 0.232 e. The van der Waals surface area contributed by atoms with Crippen LogP contribution in [0.15, 0.2) is 30.3 Å². The van der Waals surface area contributed by atoms with E-state index >= 15 is 0 Å². The summed E-state index contributed by atoms with van der Waals surface area (Å²) in [6.45, 7) is 3.96. The third-order valence-electron chi connectivity index (χ3n) is 4.55. The molecule has 2 aromatic rings. The summed E-state index contributed by atoms with van der Waals surface area (Å²) < 4.78 is 36.4. The molecule has 0 aromatic heterocycles. The molecule has 0 heterocycles. The van der Waals surface area contributed by atoms with Crippen LogP contribution in [-0.4, -0.2) is 41.3 Å². The van der Waals surface area contributed by atoms with E-state index in [1.807, 2.05) is 32.0 Å². The van der Waals surface area contributed by atoms with Crippen molar-refractivity contribution in [3.05, 3.63) is 46.5 Å². The van der Waals surface area contributed by atoms with Gasteiger partial charge in [0.05, 0.1) is 36.9 Å². The van der Waals surface area contributed by atoms with E-state index in [9.17, 15) is 13.2 Å². The predicted octanol–water partition coefficient (Wildman–Crippen LogP) is 4.16. The third kappa shape index (κ3) is 6.03. The van der Waals surface area contributed by atoms with E-state index in [1.54, 1.807) is 12.1 Å². The molecule has 0 aliphatic rings. The number of hydrogen-bond acceptors (Lipinski definition) is 5. The van der Waals surface area contributed by atoms with E-state index < -0.39 is 10.0 Å². The molecule has 0 aliphatic carbocycles. The summed E-state index contributed by atoms with van der Waals surface area (Å²) in [6.07, 6.45) is 1.64. The number of anilines is 2. The predicted molar refractivity (Wildman–Crippen MR) is 121 cm³/mol. The summed E-state index contributed by atoms with van der Waals surface area (Å²) >= 11 is 6.08. The number of benzene rings is 2. The number of halogens is 1. The molecule has 2 aromatic carbocycles. The molecule has 0 atom stereocenters. The number of aryl methyl sites for hydroxylation is 2. The Morgan fingerprint density at radius 3 is 2.37 bits per heavy atom. The van der Waals surface area contributed by atoms with E-state index in [-0.39, 0.29) is 18.9 Å². The summed E-state index contributed by atoms with van der Waals surface area (Å²) in [5.74, 6) is 0.542. The number of hydrogen-bond donors (Lipinski definition) is 1. The molecule has 0 fully saturated rings. The molecular weight excluding hydrogens is 428 g/mol. The first-order valence-corrected chi connectivity index (χ1v) is 11.6. The van der Waals surface area contributed by atoms with Gasteiger partial charge in [-0.1, -0.05) is 23.7 Å². The molecule has 1 amide bonds. The molecule has 0 saturated carbocycles. The van der Waals surface area contributed by atoms with Crippen LogP contribution in [0.3, 0.4) is 0 Å². The van der Waals surface area contributed by atoms with Crippen molar-refractivity contribution < 1.29 is 22.7 Å². The molecule has 0 aliphatic heterocycles. The van der Waals surface area contributed by atoms with Gasteiger partial charge in [0.25, 0.3) is 0 Å². The lowest BCUT2D eigenvalue weighted by Crippen LogP contribution is -2.32. The Morgan fingerprint density at radius 2 is 1.77 bits per heavy atom. The van der Waals surface area contributed by atoms with Crippen molar-refractivity contribution >= 4 is 38.9 Å². The largest absolute Gasteiger partial charge is 0.495 e. The first kappa shape index (κ1) is 23.8. The monoisotopic (exact) mass is 454 g/mol. The maximum absolute atomic E-state index is 12.4. The number of nitrogens with zero attached hydrogens (tertiary/aromatic N) is 1. The quantitative estimate of drug-likeness (QED) is 0.615. The second-order valence-electron chi connectivity index (χ2n) is 6.96. The summed E-state index contributed by atoms with van der Waals surface area (Å²) in [5.41, 5.74) is 2.87. The molecule has 30 heavy (non-hydrogen) atoms. The summed E-state index contributed by atoms with van der Waals surface area (Å²) in [7, 11) is -0.535. The topological polar surface area (TPSA) is 84.9 Å². The number of rotatable bonds is 9. The Hall–Kier alpha value is -2.45. The molecule has 0 spiro atoms. The molecular formula is C21H27ClN2O5S. The van der Waals surface area contributed by atoms with Crippen LogP contribution in [0.5, 0.6) is 11.5 Å². The van der Waals surface area contributed by atoms with Crippen LogP contribution in [0.2, 0.25) is 5.02 Å². The standard InChI is InChI=1S/C21H27ClN2O5S/c1-14-8-9-15(2)18(11-14)24(30(5,26)27)10-6-7-21(25)23-17-13-19(28-3)16(22)12-20(17)29-4/h8-9,11-13H,6-7,10H2,1-5H3,(H,23,25). The first-order valence-electron chi connectivity index (χ1n) is 9.33. The fraction of sp³-hybridized carbons (Fsp3) is 0.381. The third-order valence-corrected chi connectivity index (χ3v) is 6.02. The number of carbonyl (C=O) groups excluding carboxylic acids is 1. The highest BCUT2D eigenvalue weighted by Gasteiger charge is 2.20. The van der Waals surface area contributed by atoms with Gasteiger partial charge in [0, 0.05) is 25.1 Å². The Morgan fingerprint density at radius 1 is 1.10 bits per heavy atom. The highest BCUT2D eigenvalue weighted by Crippen LogP contribution is 2.36. The van der Waals surface area contributed by atoms with E-state index in [4.69, 9.17) is 21.1 Å². The second kappa shape index (κ2) is 10.0. The van der Waals surface area contributed by atoms with E-state index in [0.717, 1.165) is 11.1 Å². The van der Waals surface area contributed by atoms with Crippen LogP contribution >= 0.6 is 11.6 Å². The van der Waals surface area contributed by atoms with Crippen molar-refractivity contribution in [1.29, 1.82) is 0 Å². The van der Waals surface area contributed by atoms with Gasteiger partial charge in [-0.25, -0.2) is 8.42 Å². The van der Waals surface area contributed by atoms with Gasteiger partial charge < -0.3 is 14.8 Å². The SMILES string of the molecule is COc1cc(NC(=O)CCCN(c2cc(C)ccc2C)S(C)(=O)=O)c(OC)cc1Cl. The minimum atomic E-state index is -3.49. The zero-order valence-electron chi connectivity index (χ0n) is 17.8. The van der Waals surface area contributed by atoms with Crippen LogP contribution in [0, 0.1) is 13.8 Å². The molecule has 0 radical (unpaired) electrons. The fourth-order valence-electron chi connectivity index (χ4n) is 3.01. The summed E-state index contributed by atoms with van der Waals surface area (Å²) in [4.78, 5) is 12.4. The maximum atomic E-state index is 12.4. The van der Waals surface area contributed by atoms with E-state index in [1.165, 1.54) is 24.8 Å². The van der Waals surface area contributed by atoms with Gasteiger partial charge in [-0.3, -0.25) is 9.10 Å². The number of nitrogens with one attached hydrogen (secondary N) is 1. The van der Waals surface area contributed by atoms with E-state index in [0.29, 0.717) is 34.3 Å². The second-order valence-corrected chi connectivity index (χ2v) is 9.28. The molecule has 9 heteroatoms. The molecule has 1 N–H and O–H groups in total. The Bertz CT molecular complexity index is 1020. The molecule has 0 unspecified atom stereocenters. The average Bonchev–Trinajstić information content (AvgIpc) is 2.67. The van der Waals surface area contributed by atoms with Gasteiger partial charge in [-0.2, -0.15) is 0 Å². The molecule has 0 bridgehead atoms. The van der Waals surface area contributed by atoms with Crippen LogP contribution in [-0.2, 0) is 14.8 Å². The van der Waals surface area contributed by atoms with Gasteiger partial charge in [0.15, 0.2) is 0 Å². The van der Waals surface area contributed by atoms with Crippen molar-refractivity contribution in [3.8, 4) is 11.5 Å². The lowest BCUT2D eigenvalue weighted by atomic mass is 10.1. The molecule has 2 rings (SSSR count). The van der Waals surface area contributed by atoms with Gasteiger partial charge in [0.2, 0.25) is 15.9 Å². The number of carbonyl (C=O) groups is 1. The minimum Gasteiger partial charge on any atom is -0.495 e. The van der Waals surface area contributed by atoms with Crippen LogP contribution in [0.25, 0.3) is 0 Å². The summed E-state index contributed by atoms with van der Waals surface area (Å²) in [5, 5.41) is 3.13. The Kier molecular flexibility index (Phi) is 7.97. The van der Waals surface area contributed by atoms with Gasteiger partial charge in [-0.05, 0) is 37.5 Å². The van der Waals surface area contributed by atoms with Gasteiger partial charge in [-0.15, -0.1) is 0 Å². The Balaban J connectivity index is 2.09. The molecule has 0 saturated heterocycles. The highest BCUT2D eigenvalue weighted by molar-refractivity contribution is 7.92. The Labute approximate surface area is 183 Å². The minimum absolute atomic E-state index is 0.130. The normalized spacial score (nSPS) is 11.1. The van der Waals surface area contributed by atoms with Crippen molar-refractivity contribution in [2.24, 2.45) is 0 Å². The zero-order chi connectivity index (χ0) is 22.5. The van der Waals surface area contributed by atoms with Gasteiger partial charge >= 0.3 is 0 Å². The molecule has 164 valence electrons. The van der Waals surface area contributed by atoms with E-state index in [2.05, 4.69) is 5.32 Å². The van der Waals surface area contributed by atoms with Gasteiger partial charge in [0.1, 0.15) is 11.5 Å². The van der Waals surface area contributed by atoms with Crippen molar-refractivity contribution in [2.45, 2.75) is 26.7 Å². The fourth-order valence-corrected chi connectivity index (χ4v) is 4.25. The number of sulfonamides is 1. The van der Waals surface area contributed by atoms with Crippen LogP contribution < -0.4 is 19.1 Å². The van der Waals surface area contributed by atoms with Crippen LogP contribution in [0.1, 0.15) is 24.0 Å².